The van der Waals surface area contributed by atoms with E-state index in [0.717, 1.165) is 48.2 Å². The molecule has 3 rings (SSSR count). The van der Waals surface area contributed by atoms with E-state index in [1.807, 2.05) is 0 Å². The summed E-state index contributed by atoms with van der Waals surface area (Å²) < 4.78 is 62.5. The van der Waals surface area contributed by atoms with Crippen molar-refractivity contribution in [2.45, 2.75) is 173 Å². The number of nitrogens with one attached hydrogen (secondary N) is 2. The molecule has 420 valence electrons. The lowest BCUT2D eigenvalue weighted by molar-refractivity contribution is -0.137. The molecule has 3 unspecified atom stereocenters. The van der Waals surface area contributed by atoms with Crippen molar-refractivity contribution in [1.82, 2.24) is 48.6 Å². The molecule has 2 aromatic heterocycles. The molecule has 1 aliphatic heterocycles. The first-order chi connectivity index (χ1) is 32.6. The molecule has 0 bridgehead atoms. The number of fused-ring (bicyclic) bond motifs is 1. The summed E-state index contributed by atoms with van der Waals surface area (Å²) in [6, 6.07) is 0. The first kappa shape index (κ1) is 69.4. The molecule has 1 saturated heterocycles. The fourth-order valence-corrected chi connectivity index (χ4v) is 10.9. The van der Waals surface area contributed by atoms with Crippen LogP contribution >= 0.6 is 35.2 Å². The first-order valence-electron chi connectivity index (χ1n) is 23.6. The van der Waals surface area contributed by atoms with Crippen molar-refractivity contribution in [3.63, 3.8) is 0 Å². The third-order valence-corrected chi connectivity index (χ3v) is 15.3. The van der Waals surface area contributed by atoms with Gasteiger partial charge in [0.05, 0.1) is 19.5 Å². The molecule has 1 aliphatic rings. The topological polar surface area (TPSA) is 469 Å². The van der Waals surface area contributed by atoms with Gasteiger partial charge in [0, 0.05) is 37.1 Å². The van der Waals surface area contributed by atoms with Gasteiger partial charge in [0.2, 0.25) is 11.8 Å². The molecule has 72 heavy (non-hydrogen) atoms. The Hall–Kier alpha value is -2.56. The zero-order chi connectivity index (χ0) is 51.1. The lowest BCUT2D eigenvalue weighted by Gasteiger charge is -2.30. The minimum atomic E-state index is -5.57. The Labute approximate surface area is 426 Å². The summed E-state index contributed by atoms with van der Waals surface area (Å²) in [5.41, 5.74) is 4.29. The summed E-state index contributed by atoms with van der Waals surface area (Å²) in [4.78, 5) is 88.5. The fraction of sp³-hybridized carbons (Fsp3) is 0.805. The number of imidazole rings is 1. The van der Waals surface area contributed by atoms with Crippen molar-refractivity contribution >= 4 is 69.1 Å². The summed E-state index contributed by atoms with van der Waals surface area (Å²) in [7, 11) is -16.4. The van der Waals surface area contributed by atoms with Crippen molar-refractivity contribution in [3.05, 3.63) is 12.7 Å². The van der Waals surface area contributed by atoms with Gasteiger partial charge >= 0.3 is 23.5 Å². The van der Waals surface area contributed by atoms with Gasteiger partial charge in [0.15, 0.2) is 22.8 Å². The summed E-state index contributed by atoms with van der Waals surface area (Å²) in [6.07, 6.45) is 15.2. The van der Waals surface area contributed by atoms with Crippen LogP contribution in [0, 0.1) is 5.41 Å². The monoisotopic (exact) mass is 1110 g/mol. The van der Waals surface area contributed by atoms with Crippen LogP contribution < -0.4 is 34.8 Å². The van der Waals surface area contributed by atoms with Gasteiger partial charge in [-0.1, -0.05) is 135 Å². The van der Waals surface area contributed by atoms with Crippen molar-refractivity contribution in [2.24, 2.45) is 5.41 Å². The first-order valence-corrected chi connectivity index (χ1v) is 29.1. The van der Waals surface area contributed by atoms with Gasteiger partial charge in [0.25, 0.3) is 0 Å². The molecule has 0 aromatic carbocycles. The van der Waals surface area contributed by atoms with Crippen molar-refractivity contribution in [2.75, 3.05) is 37.8 Å². The maximum absolute atomic E-state index is 12.7. The number of ether oxygens (including phenoxy) is 1. The number of anilines is 1. The summed E-state index contributed by atoms with van der Waals surface area (Å²) >= 11 is 1.16. The van der Waals surface area contributed by atoms with E-state index in [4.69, 9.17) is 19.5 Å². The Balaban J connectivity index is 0.0000168. The number of nitrogens with zero attached hydrogens (tertiary/aromatic N) is 4. The molecule has 7 atom stereocenters. The number of phosphoric acid groups is 3. The zero-order valence-electron chi connectivity index (χ0n) is 41.9. The Morgan fingerprint density at radius 3 is 1.90 bits per heavy atom. The Kier molecular flexibility index (Phi) is 33.7. The fourth-order valence-electron chi connectivity index (χ4n) is 7.36. The minimum Gasteiger partial charge on any atom is -0.386 e. The third kappa shape index (κ3) is 26.3. The smallest absolute Gasteiger partial charge is 0.386 e. The van der Waals surface area contributed by atoms with Crippen LogP contribution in [0.5, 0.6) is 0 Å². The second kappa shape index (κ2) is 34.9. The lowest BCUT2D eigenvalue weighted by Crippen LogP contribution is -2.46. The van der Waals surface area contributed by atoms with E-state index in [-0.39, 0.29) is 60.1 Å². The molecule has 31 heteroatoms. The van der Waals surface area contributed by atoms with Gasteiger partial charge in [-0.3, -0.25) is 32.5 Å². The molecule has 27 nitrogen and oxygen atoms in total. The number of rotatable bonds is 37. The predicted octanol–water partition coefficient (Wildman–Crippen LogP) is 6.19. The number of aliphatic hydroxyl groups is 2. The Morgan fingerprint density at radius 2 is 1.35 bits per heavy atom. The van der Waals surface area contributed by atoms with Gasteiger partial charge in [-0.25, -0.2) is 28.6 Å². The number of hydrogen-bond acceptors (Lipinski definition) is 21. The Bertz CT molecular complexity index is 2040. The van der Waals surface area contributed by atoms with E-state index in [1.165, 1.54) is 104 Å². The van der Waals surface area contributed by atoms with Crippen LogP contribution in [0.25, 0.3) is 11.2 Å². The number of amides is 2. The van der Waals surface area contributed by atoms with Gasteiger partial charge in [-0.15, -0.1) is 0 Å². The molecule has 19 N–H and O–H groups in total. The van der Waals surface area contributed by atoms with Gasteiger partial charge in [0.1, 0.15) is 36.3 Å². The molecule has 2 amide bonds. The number of carbonyl (C=O) groups excluding carboxylic acids is 3. The second-order valence-corrected chi connectivity index (χ2v) is 23.1. The highest BCUT2D eigenvalue weighted by Crippen LogP contribution is 2.61. The van der Waals surface area contributed by atoms with E-state index in [2.05, 4.69) is 41.3 Å². The number of aliphatic hydroxyl groups excluding tert-OH is 2. The molecular weight excluding hydrogens is 1030 g/mol. The largest absolute Gasteiger partial charge is 0.481 e. The molecule has 0 radical (unpaired) electrons. The maximum Gasteiger partial charge on any atom is 0.481 e. The van der Waals surface area contributed by atoms with Crippen molar-refractivity contribution in [3.8, 4) is 0 Å². The van der Waals surface area contributed by atoms with Crippen molar-refractivity contribution < 1.29 is 80.5 Å². The number of aromatic nitrogens is 4. The highest BCUT2D eigenvalue weighted by molar-refractivity contribution is 8.13. The van der Waals surface area contributed by atoms with Crippen LogP contribution in [0.2, 0.25) is 0 Å². The van der Waals surface area contributed by atoms with Crippen LogP contribution in [0.1, 0.15) is 149 Å². The summed E-state index contributed by atoms with van der Waals surface area (Å²) in [5.74, 6) is -1.01. The molecule has 1 fully saturated rings. The highest BCUT2D eigenvalue weighted by Gasteiger charge is 2.50. The SMILES string of the molecule is CCCCCCCCCCCCCCCCCCCC(=O)SCCNC(=O)CCNC(=O)[C@H](O)C(C)(C)COP(=O)(O)OP(=O)(O)OC[C@H]1O[C@@H](n2cnc3c(N)ncnc32)[C@@H](O)C1OP(=O)(O)O.N.N.N. The maximum atomic E-state index is 12.7. The van der Waals surface area contributed by atoms with E-state index < -0.39 is 84.6 Å². The normalized spacial score (nSPS) is 19.0. The van der Waals surface area contributed by atoms with Gasteiger partial charge in [-0.05, 0) is 6.42 Å². The van der Waals surface area contributed by atoms with Crippen LogP contribution in [0.4, 0.5) is 5.82 Å². The van der Waals surface area contributed by atoms with Gasteiger partial charge < -0.3 is 69.3 Å². The standard InChI is InChI=1S/C41H74N7O17P3S.3H3N/c1-4-5-6-7-8-9-10-11-12-13-14-15-16-17-18-19-20-21-32(50)69-25-24-43-31(49)22-23-44-39(53)36(52)41(2,3)27-62-68(59,60)65-67(57,58)61-26-30-35(64-66(54,55)56)34(51)40(63-30)48-29-47-33-37(42)45-28-46-38(33)48;;;/h28-30,34-36,40,51-52H,4-27H2,1-3H3,(H,43,49)(H,44,53)(H,57,58)(H,59,60)(H2,42,45,46)(H2,54,55,56);3*1H3/t30-,34+,35?,36+,40-;;;/m1.../s1. The summed E-state index contributed by atoms with van der Waals surface area (Å²) in [5, 5.41) is 26.7. The lowest BCUT2D eigenvalue weighted by atomic mass is 9.87. The average Bonchev–Trinajstić information content (AvgIpc) is 3.84. The molecule has 0 spiro atoms. The molecule has 0 aliphatic carbocycles. The quantitative estimate of drug-likeness (QED) is 0.0265. The van der Waals surface area contributed by atoms with E-state index >= 15 is 0 Å². The van der Waals surface area contributed by atoms with Gasteiger partial charge in [-0.2, -0.15) is 4.31 Å². The van der Waals surface area contributed by atoms with Crippen LogP contribution in [-0.4, -0.2) is 123 Å². The molecule has 0 saturated carbocycles. The minimum absolute atomic E-state index is 0. The molecule has 2 aromatic rings. The van der Waals surface area contributed by atoms with Crippen LogP contribution in [0.3, 0.4) is 0 Å². The van der Waals surface area contributed by atoms with E-state index in [0.29, 0.717) is 12.2 Å². The number of nitrogen functional groups attached to an aromatic ring is 1. The molecule has 3 heterocycles. The number of carbonyl (C=O) groups is 3. The zero-order valence-corrected chi connectivity index (χ0v) is 45.4. The van der Waals surface area contributed by atoms with Crippen LogP contribution in [-0.2, 0) is 50.7 Å². The molecular formula is C41H83N10O17P3S. The average molecular weight is 1110 g/mol. The number of thioether (sulfide) groups is 1. The Morgan fingerprint density at radius 1 is 0.806 bits per heavy atom. The van der Waals surface area contributed by atoms with Crippen molar-refractivity contribution in [1.29, 1.82) is 0 Å². The van der Waals surface area contributed by atoms with Crippen LogP contribution in [0.15, 0.2) is 12.7 Å². The summed E-state index contributed by atoms with van der Waals surface area (Å²) in [6.45, 7) is 2.84. The number of hydrogen-bond donors (Lipinski definition) is 12. The van der Waals surface area contributed by atoms with E-state index in [1.54, 1.807) is 0 Å². The number of unbranched alkanes of at least 4 members (excludes halogenated alkanes) is 16. The number of phosphoric ester groups is 3. The second-order valence-electron chi connectivity index (χ2n) is 17.7. The third-order valence-electron chi connectivity index (χ3n) is 11.2. The number of nitrogens with two attached hydrogens (primary N) is 1. The van der Waals surface area contributed by atoms with E-state index in [9.17, 15) is 57.9 Å². The highest BCUT2D eigenvalue weighted by atomic mass is 32.2. The predicted molar refractivity (Wildman–Crippen MR) is 271 cm³/mol.